The number of carbonyl (C=O) groups is 2. The Labute approximate surface area is 164 Å². The number of ether oxygens (including phenoxy) is 2. The van der Waals surface area contributed by atoms with Crippen molar-refractivity contribution in [2.24, 2.45) is 4.99 Å². The second-order valence-corrected chi connectivity index (χ2v) is 7.88. The summed E-state index contributed by atoms with van der Waals surface area (Å²) in [5, 5.41) is 10.8. The van der Waals surface area contributed by atoms with Crippen LogP contribution in [0.5, 0.6) is 0 Å². The third-order valence-corrected chi connectivity index (χ3v) is 4.43. The molecule has 1 heterocycles. The number of nitrogens with zero attached hydrogens (tertiary/aromatic N) is 1. The maximum atomic E-state index is 13.3. The van der Waals surface area contributed by atoms with Crippen molar-refractivity contribution in [2.75, 3.05) is 6.61 Å². The van der Waals surface area contributed by atoms with E-state index in [9.17, 15) is 14.7 Å². The second-order valence-electron chi connectivity index (χ2n) is 7.88. The summed E-state index contributed by atoms with van der Waals surface area (Å²) in [5.41, 5.74) is -1.55. The van der Waals surface area contributed by atoms with Crippen LogP contribution >= 0.6 is 0 Å². The number of hydrogen-bond acceptors (Lipinski definition) is 6. The van der Waals surface area contributed by atoms with E-state index < -0.39 is 22.9 Å². The van der Waals surface area contributed by atoms with Crippen LogP contribution in [0.25, 0.3) is 5.76 Å². The molecule has 1 aromatic rings. The first-order valence-corrected chi connectivity index (χ1v) is 9.34. The number of esters is 1. The molecule has 0 bridgehead atoms. The summed E-state index contributed by atoms with van der Waals surface area (Å²) in [7, 11) is 0. The number of benzene rings is 1. The third-order valence-electron chi connectivity index (χ3n) is 4.43. The summed E-state index contributed by atoms with van der Waals surface area (Å²) < 4.78 is 11.3. The summed E-state index contributed by atoms with van der Waals surface area (Å²) >= 11 is 0. The minimum atomic E-state index is -1.74. The Hall–Kier alpha value is -2.89. The van der Waals surface area contributed by atoms with E-state index in [4.69, 9.17) is 9.47 Å². The predicted octanol–water partition coefficient (Wildman–Crippen LogP) is 3.77. The van der Waals surface area contributed by atoms with Crippen molar-refractivity contribution in [1.82, 2.24) is 0 Å². The van der Waals surface area contributed by atoms with Crippen molar-refractivity contribution in [3.8, 4) is 0 Å². The lowest BCUT2D eigenvalue weighted by Gasteiger charge is -2.44. The number of aliphatic hydroxyl groups excluding tert-OH is 1. The molecule has 1 unspecified atom stereocenters. The maximum absolute atomic E-state index is 13.3. The first-order chi connectivity index (χ1) is 13.2. The van der Waals surface area contributed by atoms with Gasteiger partial charge in [0.15, 0.2) is 5.76 Å². The van der Waals surface area contributed by atoms with Crippen LogP contribution in [0.4, 0.5) is 0 Å². The minimum absolute atomic E-state index is 0.0532. The molecule has 0 saturated heterocycles. The Bertz CT molecular complexity index is 889. The second kappa shape index (κ2) is 7.26. The predicted molar refractivity (Wildman–Crippen MR) is 106 cm³/mol. The summed E-state index contributed by atoms with van der Waals surface area (Å²) in [4.78, 5) is 29.9. The normalized spacial score (nSPS) is 25.5. The third kappa shape index (κ3) is 3.46. The fourth-order valence-electron chi connectivity index (χ4n) is 3.33. The van der Waals surface area contributed by atoms with Gasteiger partial charge in [-0.1, -0.05) is 30.3 Å². The lowest BCUT2D eigenvalue weighted by Crippen LogP contribution is -2.64. The van der Waals surface area contributed by atoms with Gasteiger partial charge in [0.05, 0.1) is 17.7 Å². The van der Waals surface area contributed by atoms with Crippen molar-refractivity contribution in [2.45, 2.75) is 51.7 Å². The molecule has 6 nitrogen and oxygen atoms in total. The highest BCUT2D eigenvalue weighted by Gasteiger charge is 2.65. The Morgan fingerprint density at radius 1 is 1.25 bits per heavy atom. The molecule has 2 aliphatic rings. The van der Waals surface area contributed by atoms with Gasteiger partial charge in [0, 0.05) is 12.5 Å². The Kier molecular flexibility index (Phi) is 5.15. The van der Waals surface area contributed by atoms with E-state index in [0.29, 0.717) is 18.6 Å². The molecule has 0 aromatic heterocycles. The standard InChI is InChI=1S/C22H25NO5/c1-14(24)28-22(16-12-8-9-13-27-16)19(23-21(2,3)4)17(20(22)26)18(25)15-10-6-5-7-11-15/h5-7,10-12,25H,8-9,13H2,1-4H3/b18-17-,23-19?. The van der Waals surface area contributed by atoms with Crippen LogP contribution in [-0.2, 0) is 19.1 Å². The zero-order valence-corrected chi connectivity index (χ0v) is 16.6. The van der Waals surface area contributed by atoms with Gasteiger partial charge in [0.1, 0.15) is 11.5 Å². The quantitative estimate of drug-likeness (QED) is 0.488. The van der Waals surface area contributed by atoms with Crippen LogP contribution in [0.2, 0.25) is 0 Å². The van der Waals surface area contributed by atoms with Gasteiger partial charge in [0.25, 0.3) is 5.60 Å². The molecule has 0 amide bonds. The number of allylic oxidation sites excluding steroid dienone is 1. The van der Waals surface area contributed by atoms with E-state index in [1.165, 1.54) is 6.92 Å². The number of carbonyl (C=O) groups excluding carboxylic acids is 2. The topological polar surface area (TPSA) is 85.2 Å². The van der Waals surface area contributed by atoms with Crippen molar-refractivity contribution in [3.63, 3.8) is 0 Å². The molecule has 1 aliphatic heterocycles. The number of Topliss-reactive ketones (excluding diaryl/α,β-unsaturated/α-hetero) is 1. The molecule has 148 valence electrons. The van der Waals surface area contributed by atoms with Gasteiger partial charge in [0.2, 0.25) is 5.78 Å². The van der Waals surface area contributed by atoms with Crippen LogP contribution in [-0.4, -0.2) is 40.3 Å². The van der Waals surface area contributed by atoms with Crippen molar-refractivity contribution in [3.05, 3.63) is 53.3 Å². The molecule has 1 aliphatic carbocycles. The number of hydrogen-bond donors (Lipinski definition) is 1. The molecule has 3 rings (SSSR count). The molecule has 1 N–H and O–H groups in total. The largest absolute Gasteiger partial charge is 0.506 e. The highest BCUT2D eigenvalue weighted by Crippen LogP contribution is 2.45. The molecular formula is C22H25NO5. The van der Waals surface area contributed by atoms with Crippen LogP contribution in [0, 0.1) is 0 Å². The van der Waals surface area contributed by atoms with Crippen molar-refractivity contribution in [1.29, 1.82) is 0 Å². The fraction of sp³-hybridized carbons (Fsp3) is 0.409. The van der Waals surface area contributed by atoms with Crippen molar-refractivity contribution >= 4 is 23.2 Å². The lowest BCUT2D eigenvalue weighted by molar-refractivity contribution is -0.159. The van der Waals surface area contributed by atoms with Gasteiger partial charge in [-0.05, 0) is 39.7 Å². The molecule has 6 heteroatoms. The SMILES string of the molecule is CC(=O)OC1(C2=CCCCO2)C(=O)/C(=C(\O)c2ccccc2)C1=NC(C)(C)C. The van der Waals surface area contributed by atoms with E-state index >= 15 is 0 Å². The van der Waals surface area contributed by atoms with Crippen LogP contribution < -0.4 is 0 Å². The average Bonchev–Trinajstić information content (AvgIpc) is 2.66. The van der Waals surface area contributed by atoms with Crippen LogP contribution in [0.1, 0.15) is 46.1 Å². The van der Waals surface area contributed by atoms with Gasteiger partial charge in [-0.2, -0.15) is 0 Å². The highest BCUT2D eigenvalue weighted by atomic mass is 16.6. The number of aliphatic hydroxyl groups is 1. The lowest BCUT2D eigenvalue weighted by atomic mass is 9.68. The minimum Gasteiger partial charge on any atom is -0.506 e. The van der Waals surface area contributed by atoms with E-state index in [-0.39, 0.29) is 22.8 Å². The van der Waals surface area contributed by atoms with Gasteiger partial charge < -0.3 is 14.6 Å². The van der Waals surface area contributed by atoms with Crippen molar-refractivity contribution < 1.29 is 24.2 Å². The fourth-order valence-corrected chi connectivity index (χ4v) is 3.33. The molecule has 1 fully saturated rings. The molecular weight excluding hydrogens is 358 g/mol. The number of rotatable bonds is 3. The molecule has 1 saturated carbocycles. The zero-order valence-electron chi connectivity index (χ0n) is 16.6. The smallest absolute Gasteiger partial charge is 0.304 e. The first kappa shape index (κ1) is 19.9. The molecule has 1 aromatic carbocycles. The molecule has 0 spiro atoms. The Morgan fingerprint density at radius 3 is 2.46 bits per heavy atom. The van der Waals surface area contributed by atoms with E-state index in [1.54, 1.807) is 30.3 Å². The zero-order chi connectivity index (χ0) is 20.5. The Balaban J connectivity index is 2.23. The van der Waals surface area contributed by atoms with E-state index in [2.05, 4.69) is 4.99 Å². The van der Waals surface area contributed by atoms with E-state index in [1.807, 2.05) is 26.8 Å². The monoisotopic (exact) mass is 383 g/mol. The number of ketones is 1. The molecule has 0 radical (unpaired) electrons. The first-order valence-electron chi connectivity index (χ1n) is 9.34. The number of aliphatic imine (C=N–C) groups is 1. The van der Waals surface area contributed by atoms with Crippen LogP contribution in [0.3, 0.4) is 0 Å². The summed E-state index contributed by atoms with van der Waals surface area (Å²) in [6.07, 6.45) is 3.29. The average molecular weight is 383 g/mol. The molecule has 1 atom stereocenters. The summed E-state index contributed by atoms with van der Waals surface area (Å²) in [6, 6.07) is 8.75. The summed E-state index contributed by atoms with van der Waals surface area (Å²) in [6.45, 7) is 7.28. The Morgan fingerprint density at radius 2 is 1.93 bits per heavy atom. The van der Waals surface area contributed by atoms with E-state index in [0.717, 1.165) is 6.42 Å². The van der Waals surface area contributed by atoms with Gasteiger partial charge in [-0.25, -0.2) is 0 Å². The summed E-state index contributed by atoms with van der Waals surface area (Å²) in [5.74, 6) is -1.07. The maximum Gasteiger partial charge on any atom is 0.304 e. The van der Waals surface area contributed by atoms with Gasteiger partial charge in [-0.15, -0.1) is 0 Å². The van der Waals surface area contributed by atoms with Gasteiger partial charge in [-0.3, -0.25) is 14.6 Å². The highest BCUT2D eigenvalue weighted by molar-refractivity contribution is 6.50. The van der Waals surface area contributed by atoms with Gasteiger partial charge >= 0.3 is 5.97 Å². The molecule has 28 heavy (non-hydrogen) atoms. The van der Waals surface area contributed by atoms with Crippen LogP contribution in [0.15, 0.2) is 52.7 Å².